The smallest absolute Gasteiger partial charge is 0.319 e. The van der Waals surface area contributed by atoms with Crippen LogP contribution in [0.2, 0.25) is 5.02 Å². The number of amides is 2. The van der Waals surface area contributed by atoms with Crippen LogP contribution < -0.4 is 20.9 Å². The Bertz CT molecular complexity index is 1130. The average Bonchev–Trinajstić information content (AvgIpc) is 2.69. The lowest BCUT2D eigenvalue weighted by atomic mass is 10.1. The molecule has 2 N–H and O–H groups in total. The number of fused-ring (bicyclic) bond motifs is 1. The highest BCUT2D eigenvalue weighted by atomic mass is 35.5. The minimum atomic E-state index is -0.471. The van der Waals surface area contributed by atoms with Crippen molar-refractivity contribution in [2.24, 2.45) is 0 Å². The maximum atomic E-state index is 12.4. The van der Waals surface area contributed by atoms with Crippen LogP contribution >= 0.6 is 11.6 Å². The van der Waals surface area contributed by atoms with Crippen molar-refractivity contribution in [2.75, 3.05) is 12.4 Å². The van der Waals surface area contributed by atoms with Gasteiger partial charge in [-0.15, -0.1) is 6.42 Å². The lowest BCUT2D eigenvalue weighted by Gasteiger charge is -2.13. The van der Waals surface area contributed by atoms with Crippen molar-refractivity contribution >= 4 is 34.1 Å². The van der Waals surface area contributed by atoms with Gasteiger partial charge in [0.2, 0.25) is 0 Å². The minimum Gasteiger partial charge on any atom is -0.495 e. The zero-order chi connectivity index (χ0) is 20.1. The molecule has 0 radical (unpaired) electrons. The first-order chi connectivity index (χ1) is 13.5. The molecule has 0 bridgehead atoms. The lowest BCUT2D eigenvalue weighted by molar-refractivity contribution is 0.251. The highest BCUT2D eigenvalue weighted by Gasteiger charge is 2.12. The Labute approximate surface area is 166 Å². The summed E-state index contributed by atoms with van der Waals surface area (Å²) in [7, 11) is 1.50. The van der Waals surface area contributed by atoms with E-state index in [0.717, 1.165) is 0 Å². The third kappa shape index (κ3) is 4.08. The van der Waals surface area contributed by atoms with Gasteiger partial charge in [0.25, 0.3) is 5.56 Å². The number of anilines is 1. The van der Waals surface area contributed by atoms with Crippen LogP contribution in [0.15, 0.2) is 47.3 Å². The van der Waals surface area contributed by atoms with Gasteiger partial charge in [-0.3, -0.25) is 4.79 Å². The van der Waals surface area contributed by atoms with E-state index in [2.05, 4.69) is 21.7 Å². The molecule has 1 aromatic heterocycles. The third-order valence-electron chi connectivity index (χ3n) is 4.01. The number of carbonyl (C=O) groups excluding carboxylic acids is 1. The molecular formula is C20H17ClN4O3. The molecule has 3 rings (SSSR count). The first-order valence-electron chi connectivity index (χ1n) is 8.34. The molecule has 0 aliphatic carbocycles. The summed E-state index contributed by atoms with van der Waals surface area (Å²) in [4.78, 5) is 24.8. The van der Waals surface area contributed by atoms with Crippen LogP contribution in [0, 0.1) is 12.3 Å². The molecule has 1 heterocycles. The van der Waals surface area contributed by atoms with Crippen LogP contribution in [0.3, 0.4) is 0 Å². The number of aromatic nitrogens is 2. The normalized spacial score (nSPS) is 10.3. The fourth-order valence-electron chi connectivity index (χ4n) is 2.74. The highest BCUT2D eigenvalue weighted by molar-refractivity contribution is 6.31. The van der Waals surface area contributed by atoms with Gasteiger partial charge >= 0.3 is 6.03 Å². The van der Waals surface area contributed by atoms with E-state index in [4.69, 9.17) is 22.8 Å². The quantitative estimate of drug-likeness (QED) is 0.649. The fraction of sp³-hybridized carbons (Fsp3) is 0.150. The van der Waals surface area contributed by atoms with Crippen molar-refractivity contribution in [1.29, 1.82) is 0 Å². The van der Waals surface area contributed by atoms with Crippen molar-refractivity contribution in [3.8, 4) is 18.1 Å². The Kier molecular flexibility index (Phi) is 5.82. The van der Waals surface area contributed by atoms with Crippen molar-refractivity contribution in [3.63, 3.8) is 0 Å². The number of hydrogen-bond donors (Lipinski definition) is 2. The summed E-state index contributed by atoms with van der Waals surface area (Å²) in [6.45, 7) is 0.142. The average molecular weight is 397 g/mol. The third-order valence-corrected chi connectivity index (χ3v) is 4.25. The van der Waals surface area contributed by atoms with Crippen LogP contribution in [0.1, 0.15) is 5.69 Å². The van der Waals surface area contributed by atoms with E-state index >= 15 is 0 Å². The fourth-order valence-corrected chi connectivity index (χ4v) is 2.91. The van der Waals surface area contributed by atoms with Gasteiger partial charge in [-0.2, -0.15) is 5.10 Å². The molecule has 0 saturated carbocycles. The number of terminal acetylenes is 1. The van der Waals surface area contributed by atoms with E-state index in [-0.39, 0.29) is 18.6 Å². The molecule has 142 valence electrons. The van der Waals surface area contributed by atoms with Gasteiger partial charge in [-0.05, 0) is 24.3 Å². The van der Waals surface area contributed by atoms with Gasteiger partial charge in [-0.1, -0.05) is 35.7 Å². The van der Waals surface area contributed by atoms with Gasteiger partial charge in [0, 0.05) is 10.4 Å². The van der Waals surface area contributed by atoms with Crippen LogP contribution in [-0.4, -0.2) is 22.9 Å². The molecular weight excluding hydrogens is 380 g/mol. The number of benzene rings is 2. The van der Waals surface area contributed by atoms with E-state index in [9.17, 15) is 9.59 Å². The van der Waals surface area contributed by atoms with E-state index in [0.29, 0.717) is 32.9 Å². The number of nitrogens with one attached hydrogen (secondary N) is 2. The number of ether oxygens (including phenoxy) is 1. The van der Waals surface area contributed by atoms with Crippen molar-refractivity contribution in [1.82, 2.24) is 15.1 Å². The molecule has 0 saturated heterocycles. The summed E-state index contributed by atoms with van der Waals surface area (Å²) in [5.74, 6) is 2.88. The zero-order valence-electron chi connectivity index (χ0n) is 15.0. The number of urea groups is 1. The summed E-state index contributed by atoms with van der Waals surface area (Å²) < 4.78 is 6.41. The highest BCUT2D eigenvalue weighted by Crippen LogP contribution is 2.27. The Morgan fingerprint density at radius 2 is 2.04 bits per heavy atom. The lowest BCUT2D eigenvalue weighted by Crippen LogP contribution is -2.31. The first-order valence-corrected chi connectivity index (χ1v) is 8.72. The number of carbonyl (C=O) groups is 1. The van der Waals surface area contributed by atoms with Crippen LogP contribution in [0.5, 0.6) is 5.75 Å². The van der Waals surface area contributed by atoms with E-state index in [1.54, 1.807) is 42.5 Å². The summed E-state index contributed by atoms with van der Waals surface area (Å²) >= 11 is 5.97. The van der Waals surface area contributed by atoms with E-state index in [1.807, 2.05) is 0 Å². The van der Waals surface area contributed by atoms with Gasteiger partial charge in [0.15, 0.2) is 0 Å². The molecule has 0 spiro atoms. The van der Waals surface area contributed by atoms with Gasteiger partial charge < -0.3 is 15.4 Å². The summed E-state index contributed by atoms with van der Waals surface area (Å²) in [5, 5.41) is 11.3. The molecule has 0 aliphatic heterocycles. The molecule has 3 aromatic rings. The first kappa shape index (κ1) is 19.3. The molecule has 7 nitrogen and oxygen atoms in total. The van der Waals surface area contributed by atoms with Crippen molar-refractivity contribution < 1.29 is 9.53 Å². The Morgan fingerprint density at radius 3 is 2.75 bits per heavy atom. The van der Waals surface area contributed by atoms with E-state index in [1.165, 1.54) is 11.8 Å². The Hall–Kier alpha value is -3.50. The van der Waals surface area contributed by atoms with Gasteiger partial charge in [0.1, 0.15) is 12.3 Å². The molecule has 8 heteroatoms. The number of halogens is 1. The molecule has 0 atom stereocenters. The molecule has 2 amide bonds. The molecule has 28 heavy (non-hydrogen) atoms. The van der Waals surface area contributed by atoms with E-state index < -0.39 is 6.03 Å². The molecule has 2 aromatic carbocycles. The standard InChI is InChI=1S/C20H17ClN4O3/c1-3-10-25-19(26)15-7-5-4-6-14(15)17(24-25)12-22-20(27)23-16-11-13(21)8-9-18(16)28-2/h1,4-9,11H,10,12H2,2H3,(H2,22,23,27). The maximum absolute atomic E-state index is 12.4. The monoisotopic (exact) mass is 396 g/mol. The molecule has 0 fully saturated rings. The zero-order valence-corrected chi connectivity index (χ0v) is 15.8. The topological polar surface area (TPSA) is 85.2 Å². The maximum Gasteiger partial charge on any atom is 0.319 e. The largest absolute Gasteiger partial charge is 0.495 e. The molecule has 0 aliphatic rings. The predicted molar refractivity (Wildman–Crippen MR) is 109 cm³/mol. The van der Waals surface area contributed by atoms with Crippen LogP contribution in [-0.2, 0) is 13.1 Å². The van der Waals surface area contributed by atoms with Crippen molar-refractivity contribution in [2.45, 2.75) is 13.1 Å². The second-order valence-corrected chi connectivity index (χ2v) is 6.25. The SMILES string of the molecule is C#CCn1nc(CNC(=O)Nc2cc(Cl)ccc2OC)c2ccccc2c1=O. The molecule has 0 unspecified atom stereocenters. The number of methoxy groups -OCH3 is 1. The predicted octanol–water partition coefficient (Wildman–Crippen LogP) is 3.01. The Balaban J connectivity index is 1.83. The summed E-state index contributed by atoms with van der Waals surface area (Å²) in [6.07, 6.45) is 5.32. The second kappa shape index (κ2) is 8.46. The van der Waals surface area contributed by atoms with Crippen molar-refractivity contribution in [3.05, 3.63) is 63.5 Å². The second-order valence-electron chi connectivity index (χ2n) is 5.81. The number of rotatable bonds is 5. The summed E-state index contributed by atoms with van der Waals surface area (Å²) in [5.41, 5.74) is 0.687. The number of hydrogen-bond acceptors (Lipinski definition) is 4. The summed E-state index contributed by atoms with van der Waals surface area (Å²) in [6, 6.07) is 11.5. The van der Waals surface area contributed by atoms with Gasteiger partial charge in [0.05, 0.1) is 30.4 Å². The number of nitrogens with zero attached hydrogens (tertiary/aromatic N) is 2. The van der Waals surface area contributed by atoms with Crippen LogP contribution in [0.25, 0.3) is 10.8 Å². The van der Waals surface area contributed by atoms with Gasteiger partial charge in [-0.25, -0.2) is 9.48 Å². The van der Waals surface area contributed by atoms with Crippen LogP contribution in [0.4, 0.5) is 10.5 Å². The Morgan fingerprint density at radius 1 is 1.29 bits per heavy atom. The minimum absolute atomic E-state index is 0.0442.